The topological polar surface area (TPSA) is 42.5 Å². The zero-order valence-electron chi connectivity index (χ0n) is 13.9. The number of halogens is 4. The van der Waals surface area contributed by atoms with Crippen LogP contribution >= 0.6 is 12.2 Å². The average molecular weight is 388 g/mol. The monoisotopic (exact) mass is 388 g/mol. The van der Waals surface area contributed by atoms with E-state index in [2.05, 4.69) is 10.6 Å². The number of hydrogen-bond donors (Lipinski definition) is 2. The van der Waals surface area contributed by atoms with Crippen molar-refractivity contribution in [2.24, 2.45) is 0 Å². The predicted molar refractivity (Wildman–Crippen MR) is 94.0 cm³/mol. The maximum Gasteiger partial charge on any atom is 0.419 e. The second-order valence-corrected chi connectivity index (χ2v) is 5.56. The molecule has 0 aliphatic heterocycles. The SMILES string of the molecule is COc1ccc(OC)c(NC(=S)NCc2cccc(C(F)(F)F)c2F)c1. The highest BCUT2D eigenvalue weighted by atomic mass is 32.1. The summed E-state index contributed by atoms with van der Waals surface area (Å²) in [4.78, 5) is 0. The third kappa shape index (κ3) is 4.75. The van der Waals surface area contributed by atoms with Crippen LogP contribution in [-0.4, -0.2) is 19.3 Å². The number of alkyl halides is 3. The summed E-state index contributed by atoms with van der Waals surface area (Å²) in [5, 5.41) is 5.60. The minimum absolute atomic E-state index is 0.0911. The first-order chi connectivity index (χ1) is 12.3. The van der Waals surface area contributed by atoms with Gasteiger partial charge in [0, 0.05) is 18.2 Å². The third-order valence-corrected chi connectivity index (χ3v) is 3.72. The Morgan fingerprint density at radius 1 is 1.12 bits per heavy atom. The summed E-state index contributed by atoms with van der Waals surface area (Å²) in [6.07, 6.45) is -4.76. The molecule has 0 spiro atoms. The van der Waals surface area contributed by atoms with E-state index in [0.717, 1.165) is 6.07 Å². The summed E-state index contributed by atoms with van der Waals surface area (Å²) in [7, 11) is 2.97. The summed E-state index contributed by atoms with van der Waals surface area (Å²) >= 11 is 5.11. The van der Waals surface area contributed by atoms with Gasteiger partial charge in [0.2, 0.25) is 0 Å². The van der Waals surface area contributed by atoms with Gasteiger partial charge in [-0.3, -0.25) is 0 Å². The van der Waals surface area contributed by atoms with Crippen LogP contribution in [0.5, 0.6) is 11.5 Å². The van der Waals surface area contributed by atoms with Crippen LogP contribution < -0.4 is 20.1 Å². The molecule has 2 aromatic carbocycles. The van der Waals surface area contributed by atoms with Crippen LogP contribution in [0.4, 0.5) is 23.2 Å². The summed E-state index contributed by atoms with van der Waals surface area (Å²) < 4.78 is 62.5. The van der Waals surface area contributed by atoms with Crippen molar-refractivity contribution in [3.8, 4) is 11.5 Å². The number of ether oxygens (including phenoxy) is 2. The molecule has 0 saturated carbocycles. The molecule has 2 aromatic rings. The Morgan fingerprint density at radius 3 is 2.46 bits per heavy atom. The van der Waals surface area contributed by atoms with Crippen LogP contribution in [0.25, 0.3) is 0 Å². The van der Waals surface area contributed by atoms with E-state index in [1.54, 1.807) is 18.2 Å². The average Bonchev–Trinajstić information content (AvgIpc) is 2.59. The molecule has 0 radical (unpaired) electrons. The predicted octanol–water partition coefficient (Wildman–Crippen LogP) is 4.35. The van der Waals surface area contributed by atoms with Gasteiger partial charge in [-0.15, -0.1) is 0 Å². The Hall–Kier alpha value is -2.55. The Balaban J connectivity index is 2.09. The van der Waals surface area contributed by atoms with Gasteiger partial charge in [0.15, 0.2) is 5.11 Å². The van der Waals surface area contributed by atoms with Crippen molar-refractivity contribution in [3.63, 3.8) is 0 Å². The number of methoxy groups -OCH3 is 2. The van der Waals surface area contributed by atoms with E-state index in [9.17, 15) is 17.6 Å². The number of nitrogens with one attached hydrogen (secondary N) is 2. The fourth-order valence-electron chi connectivity index (χ4n) is 2.19. The van der Waals surface area contributed by atoms with Crippen molar-refractivity contribution in [2.45, 2.75) is 12.7 Å². The van der Waals surface area contributed by atoms with Crippen molar-refractivity contribution in [1.29, 1.82) is 0 Å². The zero-order valence-corrected chi connectivity index (χ0v) is 14.7. The third-order valence-electron chi connectivity index (χ3n) is 3.48. The van der Waals surface area contributed by atoms with Crippen LogP contribution in [0.15, 0.2) is 36.4 Å². The van der Waals surface area contributed by atoms with E-state index in [1.807, 2.05) is 0 Å². The molecule has 0 aromatic heterocycles. The van der Waals surface area contributed by atoms with Gasteiger partial charge in [-0.05, 0) is 30.4 Å². The molecular weight excluding hydrogens is 372 g/mol. The molecule has 0 fully saturated rings. The van der Waals surface area contributed by atoms with Crippen molar-refractivity contribution >= 4 is 23.0 Å². The molecule has 0 unspecified atom stereocenters. The molecule has 0 bridgehead atoms. The lowest BCUT2D eigenvalue weighted by Crippen LogP contribution is -2.28. The quantitative estimate of drug-likeness (QED) is 0.589. The van der Waals surface area contributed by atoms with Crippen molar-refractivity contribution in [1.82, 2.24) is 5.32 Å². The van der Waals surface area contributed by atoms with Gasteiger partial charge >= 0.3 is 6.18 Å². The summed E-state index contributed by atoms with van der Waals surface area (Å²) in [5.74, 6) is -0.283. The summed E-state index contributed by atoms with van der Waals surface area (Å²) in [5.41, 5.74) is -0.972. The van der Waals surface area contributed by atoms with E-state index in [0.29, 0.717) is 23.3 Å². The molecule has 26 heavy (non-hydrogen) atoms. The second kappa shape index (κ2) is 8.22. The highest BCUT2D eigenvalue weighted by molar-refractivity contribution is 7.80. The lowest BCUT2D eigenvalue weighted by molar-refractivity contribution is -0.140. The Kier molecular flexibility index (Phi) is 6.25. The molecule has 2 rings (SSSR count). The van der Waals surface area contributed by atoms with Crippen LogP contribution in [0.1, 0.15) is 11.1 Å². The first kappa shape index (κ1) is 19.8. The molecule has 2 N–H and O–H groups in total. The Labute approximate surface area is 153 Å². The largest absolute Gasteiger partial charge is 0.497 e. The first-order valence-electron chi connectivity index (χ1n) is 7.37. The highest BCUT2D eigenvalue weighted by Crippen LogP contribution is 2.32. The number of thiocarbonyl (C=S) groups is 1. The molecule has 9 heteroatoms. The maximum atomic E-state index is 14.0. The molecule has 0 saturated heterocycles. The standard InChI is InChI=1S/C17H16F4N2O2S/c1-24-11-6-7-14(25-2)13(8-11)23-16(26)22-9-10-4-3-5-12(15(10)18)17(19,20)21/h3-8H,9H2,1-2H3,(H2,22,23,26). The van der Waals surface area contributed by atoms with Gasteiger partial charge in [0.1, 0.15) is 17.3 Å². The minimum atomic E-state index is -4.76. The zero-order chi connectivity index (χ0) is 19.3. The lowest BCUT2D eigenvalue weighted by Gasteiger charge is -2.15. The van der Waals surface area contributed by atoms with Gasteiger partial charge in [-0.25, -0.2) is 4.39 Å². The minimum Gasteiger partial charge on any atom is -0.497 e. The van der Waals surface area contributed by atoms with Crippen LogP contribution in [0, 0.1) is 5.82 Å². The number of rotatable bonds is 5. The van der Waals surface area contributed by atoms with Gasteiger partial charge in [-0.1, -0.05) is 12.1 Å². The maximum absolute atomic E-state index is 14.0. The van der Waals surface area contributed by atoms with E-state index < -0.39 is 17.6 Å². The molecule has 0 aliphatic carbocycles. The second-order valence-electron chi connectivity index (χ2n) is 5.15. The molecule has 4 nitrogen and oxygen atoms in total. The molecule has 140 valence electrons. The Bertz CT molecular complexity index is 797. The van der Waals surface area contributed by atoms with E-state index >= 15 is 0 Å². The van der Waals surface area contributed by atoms with Crippen LogP contribution in [-0.2, 0) is 12.7 Å². The van der Waals surface area contributed by atoms with Crippen molar-refractivity contribution in [3.05, 3.63) is 53.3 Å². The van der Waals surface area contributed by atoms with Gasteiger partial charge in [0.25, 0.3) is 0 Å². The van der Waals surface area contributed by atoms with E-state index in [1.165, 1.54) is 20.3 Å². The van der Waals surface area contributed by atoms with Crippen molar-refractivity contribution in [2.75, 3.05) is 19.5 Å². The smallest absolute Gasteiger partial charge is 0.419 e. The van der Waals surface area contributed by atoms with Gasteiger partial charge in [-0.2, -0.15) is 13.2 Å². The fourth-order valence-corrected chi connectivity index (χ4v) is 2.37. The Morgan fingerprint density at radius 2 is 1.85 bits per heavy atom. The summed E-state index contributed by atoms with van der Waals surface area (Å²) in [6.45, 7) is -0.214. The fraction of sp³-hybridized carbons (Fsp3) is 0.235. The van der Waals surface area contributed by atoms with Crippen LogP contribution in [0.2, 0.25) is 0 Å². The number of anilines is 1. The molecular formula is C17H16F4N2O2S. The van der Waals surface area contributed by atoms with Gasteiger partial charge in [0.05, 0.1) is 25.5 Å². The van der Waals surface area contributed by atoms with E-state index in [-0.39, 0.29) is 17.2 Å². The molecule has 0 heterocycles. The molecule has 0 atom stereocenters. The van der Waals surface area contributed by atoms with Crippen LogP contribution in [0.3, 0.4) is 0 Å². The van der Waals surface area contributed by atoms with E-state index in [4.69, 9.17) is 21.7 Å². The van der Waals surface area contributed by atoms with Crippen molar-refractivity contribution < 1.29 is 27.0 Å². The first-order valence-corrected chi connectivity index (χ1v) is 7.78. The number of benzene rings is 2. The normalized spacial score (nSPS) is 11.0. The molecule has 0 aliphatic rings. The summed E-state index contributed by atoms with van der Waals surface area (Å²) in [6, 6.07) is 8.08. The molecule has 0 amide bonds. The lowest BCUT2D eigenvalue weighted by atomic mass is 10.1. The highest BCUT2D eigenvalue weighted by Gasteiger charge is 2.34. The number of hydrogen-bond acceptors (Lipinski definition) is 3. The van der Waals surface area contributed by atoms with Gasteiger partial charge < -0.3 is 20.1 Å².